The number of aromatic carboxylic acids is 1. The Morgan fingerprint density at radius 1 is 1.30 bits per heavy atom. The quantitative estimate of drug-likeness (QED) is 0.708. The van der Waals surface area contributed by atoms with Crippen LogP contribution in [0.3, 0.4) is 0 Å². The highest BCUT2D eigenvalue weighted by Gasteiger charge is 2.23. The van der Waals surface area contributed by atoms with Crippen LogP contribution in [-0.4, -0.2) is 50.8 Å². The van der Waals surface area contributed by atoms with Crippen LogP contribution < -0.4 is 15.6 Å². The van der Waals surface area contributed by atoms with Gasteiger partial charge in [-0.3, -0.25) is 9.36 Å². The van der Waals surface area contributed by atoms with Crippen molar-refractivity contribution in [3.8, 4) is 5.13 Å². The van der Waals surface area contributed by atoms with Crippen LogP contribution in [0.25, 0.3) is 16.2 Å². The van der Waals surface area contributed by atoms with E-state index in [4.69, 9.17) is 4.98 Å². The maximum absolute atomic E-state index is 12.6. The van der Waals surface area contributed by atoms with Gasteiger partial charge in [-0.2, -0.15) is 0 Å². The third-order valence-corrected chi connectivity index (χ3v) is 5.34. The highest BCUT2D eigenvalue weighted by atomic mass is 32.1. The van der Waals surface area contributed by atoms with Gasteiger partial charge in [0, 0.05) is 42.9 Å². The number of anilines is 1. The zero-order valence-corrected chi connectivity index (χ0v) is 15.7. The number of carboxylic acids is 1. The summed E-state index contributed by atoms with van der Waals surface area (Å²) < 4.78 is 1.59. The molecule has 9 heteroatoms. The van der Waals surface area contributed by atoms with Crippen molar-refractivity contribution in [1.29, 1.82) is 0 Å². The summed E-state index contributed by atoms with van der Waals surface area (Å²) in [4.78, 5) is 35.3. The van der Waals surface area contributed by atoms with Gasteiger partial charge in [0.25, 0.3) is 0 Å². The zero-order valence-electron chi connectivity index (χ0n) is 14.9. The fraction of sp³-hybridized carbons (Fsp3) is 0.333. The molecular formula is C18H19N5O3S. The first-order chi connectivity index (χ1) is 12.9. The lowest BCUT2D eigenvalue weighted by molar-refractivity contribution is 0.0695. The molecule has 0 aromatic carbocycles. The molecular weight excluding hydrogens is 366 g/mol. The molecule has 3 aromatic heterocycles. The Morgan fingerprint density at radius 2 is 2.04 bits per heavy atom. The number of thiazole rings is 1. The lowest BCUT2D eigenvalue weighted by Crippen LogP contribution is -2.54. The maximum Gasteiger partial charge on any atom is 0.341 e. The minimum absolute atomic E-state index is 0.269. The molecule has 0 aliphatic carbocycles. The molecule has 8 nitrogen and oxygen atoms in total. The Morgan fingerprint density at radius 3 is 2.67 bits per heavy atom. The van der Waals surface area contributed by atoms with Gasteiger partial charge in [-0.05, 0) is 26.0 Å². The highest BCUT2D eigenvalue weighted by Crippen LogP contribution is 2.22. The molecule has 0 saturated carbocycles. The van der Waals surface area contributed by atoms with E-state index in [1.165, 1.54) is 17.5 Å². The molecule has 1 saturated heterocycles. The average molecular weight is 385 g/mol. The van der Waals surface area contributed by atoms with E-state index in [9.17, 15) is 14.7 Å². The van der Waals surface area contributed by atoms with E-state index in [0.29, 0.717) is 22.9 Å². The van der Waals surface area contributed by atoms with Crippen molar-refractivity contribution in [3.05, 3.63) is 45.7 Å². The number of carboxylic acid groups (broad SMARTS) is 1. The summed E-state index contributed by atoms with van der Waals surface area (Å²) in [7, 11) is 0. The van der Waals surface area contributed by atoms with Crippen LogP contribution in [0, 0.1) is 0 Å². The molecule has 140 valence electrons. The van der Waals surface area contributed by atoms with Crippen LogP contribution in [-0.2, 0) is 0 Å². The van der Waals surface area contributed by atoms with E-state index in [1.807, 2.05) is 0 Å². The summed E-state index contributed by atoms with van der Waals surface area (Å²) in [6.07, 6.45) is 2.94. The van der Waals surface area contributed by atoms with Crippen LogP contribution in [0.1, 0.15) is 24.2 Å². The monoisotopic (exact) mass is 385 g/mol. The molecule has 27 heavy (non-hydrogen) atoms. The predicted octanol–water partition coefficient (Wildman–Crippen LogP) is 1.73. The SMILES string of the molecule is CC1CN(c2ccc3c(=O)c(C(=O)O)cn(-c4nccs4)c3n2)CC(C)N1. The van der Waals surface area contributed by atoms with E-state index in [1.54, 1.807) is 28.3 Å². The average Bonchev–Trinajstić information content (AvgIpc) is 3.15. The molecule has 4 heterocycles. The van der Waals surface area contributed by atoms with Gasteiger partial charge in [0.2, 0.25) is 5.43 Å². The third kappa shape index (κ3) is 3.19. The summed E-state index contributed by atoms with van der Waals surface area (Å²) >= 11 is 1.35. The van der Waals surface area contributed by atoms with E-state index in [0.717, 1.165) is 18.9 Å². The Kier molecular flexibility index (Phi) is 4.40. The molecule has 0 radical (unpaired) electrons. The maximum atomic E-state index is 12.6. The van der Waals surface area contributed by atoms with Gasteiger partial charge in [0.1, 0.15) is 11.4 Å². The molecule has 3 aromatic rings. The lowest BCUT2D eigenvalue weighted by atomic mass is 10.1. The van der Waals surface area contributed by atoms with Crippen LogP contribution >= 0.6 is 11.3 Å². The number of carbonyl (C=O) groups is 1. The fourth-order valence-electron chi connectivity index (χ4n) is 3.52. The van der Waals surface area contributed by atoms with Crippen molar-refractivity contribution in [2.24, 2.45) is 0 Å². The Balaban J connectivity index is 1.92. The van der Waals surface area contributed by atoms with Gasteiger partial charge in [-0.25, -0.2) is 14.8 Å². The van der Waals surface area contributed by atoms with Crippen LogP contribution in [0.4, 0.5) is 5.82 Å². The molecule has 0 spiro atoms. The number of hydrogen-bond acceptors (Lipinski definition) is 7. The van der Waals surface area contributed by atoms with E-state index >= 15 is 0 Å². The van der Waals surface area contributed by atoms with E-state index < -0.39 is 11.4 Å². The number of hydrogen-bond donors (Lipinski definition) is 2. The van der Waals surface area contributed by atoms with Crippen LogP contribution in [0.2, 0.25) is 0 Å². The minimum Gasteiger partial charge on any atom is -0.477 e. The van der Waals surface area contributed by atoms with Gasteiger partial charge < -0.3 is 15.3 Å². The second-order valence-electron chi connectivity index (χ2n) is 6.78. The largest absolute Gasteiger partial charge is 0.477 e. The smallest absolute Gasteiger partial charge is 0.341 e. The second-order valence-corrected chi connectivity index (χ2v) is 7.65. The number of fused-ring (bicyclic) bond motifs is 1. The van der Waals surface area contributed by atoms with Gasteiger partial charge >= 0.3 is 5.97 Å². The molecule has 1 fully saturated rings. The summed E-state index contributed by atoms with van der Waals surface area (Å²) in [5.74, 6) is -0.503. The topological polar surface area (TPSA) is 100 Å². The molecule has 0 amide bonds. The van der Waals surface area contributed by atoms with E-state index in [-0.39, 0.29) is 10.9 Å². The minimum atomic E-state index is -1.26. The molecule has 2 atom stereocenters. The van der Waals surface area contributed by atoms with E-state index in [2.05, 4.69) is 29.0 Å². The van der Waals surface area contributed by atoms with Gasteiger partial charge in [0.05, 0.1) is 5.39 Å². The van der Waals surface area contributed by atoms with Crippen molar-refractivity contribution in [2.75, 3.05) is 18.0 Å². The number of piperazine rings is 1. The number of nitrogens with one attached hydrogen (secondary N) is 1. The number of rotatable bonds is 3. The lowest BCUT2D eigenvalue weighted by Gasteiger charge is -2.37. The predicted molar refractivity (Wildman–Crippen MR) is 104 cm³/mol. The van der Waals surface area contributed by atoms with Gasteiger partial charge in [-0.1, -0.05) is 0 Å². The first-order valence-corrected chi connectivity index (χ1v) is 9.52. The van der Waals surface area contributed by atoms with Crippen molar-refractivity contribution < 1.29 is 9.90 Å². The van der Waals surface area contributed by atoms with Crippen molar-refractivity contribution in [2.45, 2.75) is 25.9 Å². The highest BCUT2D eigenvalue weighted by molar-refractivity contribution is 7.12. The molecule has 2 unspecified atom stereocenters. The Hall–Kier alpha value is -2.78. The molecule has 2 N–H and O–H groups in total. The number of aromatic nitrogens is 3. The normalized spacial score (nSPS) is 20.1. The summed E-state index contributed by atoms with van der Waals surface area (Å²) in [6.45, 7) is 5.85. The summed E-state index contributed by atoms with van der Waals surface area (Å²) in [5.41, 5.74) is -0.417. The third-order valence-electron chi connectivity index (χ3n) is 4.57. The van der Waals surface area contributed by atoms with Gasteiger partial charge in [-0.15, -0.1) is 11.3 Å². The number of nitrogens with zero attached hydrogens (tertiary/aromatic N) is 4. The molecule has 4 rings (SSSR count). The van der Waals surface area contributed by atoms with Crippen molar-refractivity contribution in [3.63, 3.8) is 0 Å². The summed E-state index contributed by atoms with van der Waals surface area (Å²) in [5, 5.41) is 15.5. The van der Waals surface area contributed by atoms with Crippen LogP contribution in [0.15, 0.2) is 34.7 Å². The molecule has 1 aliphatic rings. The summed E-state index contributed by atoms with van der Waals surface area (Å²) in [6, 6.07) is 4.09. The zero-order chi connectivity index (χ0) is 19.1. The molecule has 1 aliphatic heterocycles. The fourth-order valence-corrected chi connectivity index (χ4v) is 4.13. The molecule has 0 bridgehead atoms. The van der Waals surface area contributed by atoms with Crippen molar-refractivity contribution >= 4 is 34.2 Å². The number of pyridine rings is 2. The standard InChI is InChI=1S/C18H19N5O3S/c1-10-7-22(8-11(2)20-10)14-4-3-12-15(24)13(17(25)26)9-23(16(12)21-14)18-19-5-6-27-18/h3-6,9-11,20H,7-8H2,1-2H3,(H,25,26). The van der Waals surface area contributed by atoms with Crippen LogP contribution in [0.5, 0.6) is 0 Å². The Bertz CT molecular complexity index is 1050. The van der Waals surface area contributed by atoms with Gasteiger partial charge in [0.15, 0.2) is 10.8 Å². The van der Waals surface area contributed by atoms with Crippen molar-refractivity contribution in [1.82, 2.24) is 19.9 Å². The first kappa shape index (κ1) is 17.6. The first-order valence-electron chi connectivity index (χ1n) is 8.64. The Labute approximate surface area is 159 Å². The second kappa shape index (κ2) is 6.75.